The minimum Gasteiger partial charge on any atom is -0.375 e. The summed E-state index contributed by atoms with van der Waals surface area (Å²) >= 11 is 2.05. The highest BCUT2D eigenvalue weighted by Gasteiger charge is 2.40. The van der Waals surface area contributed by atoms with Crippen LogP contribution in [0.25, 0.3) is 0 Å². The quantitative estimate of drug-likeness (QED) is 0.910. The van der Waals surface area contributed by atoms with Gasteiger partial charge in [0.05, 0.1) is 5.60 Å². The SMILES string of the molecule is Cc1ncccc1C(N)C1CCOC2(CCSCC2)C1. The standard InChI is InChI=1S/C16H24N2OS/c1-12-14(3-2-7-18-12)15(17)13-4-8-19-16(11-13)5-9-20-10-6-16/h2-3,7,13,15H,4-6,8-11,17H2,1H3. The van der Waals surface area contributed by atoms with Crippen molar-refractivity contribution in [3.8, 4) is 0 Å². The summed E-state index contributed by atoms with van der Waals surface area (Å²) in [5.41, 5.74) is 8.95. The predicted molar refractivity (Wildman–Crippen MR) is 83.9 cm³/mol. The van der Waals surface area contributed by atoms with Gasteiger partial charge >= 0.3 is 0 Å². The molecule has 1 spiro atoms. The average Bonchev–Trinajstić information content (AvgIpc) is 2.48. The van der Waals surface area contributed by atoms with E-state index >= 15 is 0 Å². The Labute approximate surface area is 125 Å². The normalized spacial score (nSPS) is 27.4. The highest BCUT2D eigenvalue weighted by Crippen LogP contribution is 2.43. The monoisotopic (exact) mass is 292 g/mol. The summed E-state index contributed by atoms with van der Waals surface area (Å²) in [7, 11) is 0. The highest BCUT2D eigenvalue weighted by atomic mass is 32.2. The molecule has 1 aromatic heterocycles. The molecule has 2 saturated heterocycles. The maximum Gasteiger partial charge on any atom is 0.0701 e. The summed E-state index contributed by atoms with van der Waals surface area (Å²) in [6, 6.07) is 4.22. The number of nitrogens with zero attached hydrogens (tertiary/aromatic N) is 1. The number of aromatic nitrogens is 1. The van der Waals surface area contributed by atoms with Gasteiger partial charge < -0.3 is 10.5 Å². The van der Waals surface area contributed by atoms with Crippen LogP contribution in [0.15, 0.2) is 18.3 Å². The van der Waals surface area contributed by atoms with Gasteiger partial charge in [-0.3, -0.25) is 4.98 Å². The van der Waals surface area contributed by atoms with Gasteiger partial charge in [0.25, 0.3) is 0 Å². The summed E-state index contributed by atoms with van der Waals surface area (Å²) < 4.78 is 6.17. The lowest BCUT2D eigenvalue weighted by molar-refractivity contribution is -0.105. The van der Waals surface area contributed by atoms with Crippen LogP contribution >= 0.6 is 11.8 Å². The third kappa shape index (κ3) is 2.87. The van der Waals surface area contributed by atoms with Gasteiger partial charge in [0, 0.05) is 24.5 Å². The number of ether oxygens (including phenoxy) is 1. The first kappa shape index (κ1) is 14.4. The Kier molecular flexibility index (Phi) is 4.34. The lowest BCUT2D eigenvalue weighted by Crippen LogP contribution is -2.45. The summed E-state index contributed by atoms with van der Waals surface area (Å²) in [5.74, 6) is 2.98. The van der Waals surface area contributed by atoms with E-state index in [0.717, 1.165) is 25.1 Å². The summed E-state index contributed by atoms with van der Waals surface area (Å²) in [4.78, 5) is 4.38. The van der Waals surface area contributed by atoms with Crippen molar-refractivity contribution in [3.63, 3.8) is 0 Å². The van der Waals surface area contributed by atoms with Gasteiger partial charge in [-0.25, -0.2) is 0 Å². The first-order chi connectivity index (χ1) is 9.70. The molecule has 3 nitrogen and oxygen atoms in total. The van der Waals surface area contributed by atoms with Crippen molar-refractivity contribution in [3.05, 3.63) is 29.6 Å². The van der Waals surface area contributed by atoms with Crippen LogP contribution in [0.4, 0.5) is 0 Å². The molecule has 0 saturated carbocycles. The van der Waals surface area contributed by atoms with Crippen LogP contribution in [0.1, 0.15) is 43.0 Å². The number of nitrogens with two attached hydrogens (primary N) is 1. The molecule has 110 valence electrons. The fourth-order valence-corrected chi connectivity index (χ4v) is 4.80. The minimum atomic E-state index is 0.0963. The zero-order valence-electron chi connectivity index (χ0n) is 12.2. The first-order valence-electron chi connectivity index (χ1n) is 7.59. The van der Waals surface area contributed by atoms with Gasteiger partial charge in [0.1, 0.15) is 0 Å². The average molecular weight is 292 g/mol. The number of hydrogen-bond acceptors (Lipinski definition) is 4. The van der Waals surface area contributed by atoms with Crippen LogP contribution < -0.4 is 5.73 Å². The zero-order chi connectivity index (χ0) is 14.0. The molecule has 0 aliphatic carbocycles. The van der Waals surface area contributed by atoms with Crippen LogP contribution in [0.5, 0.6) is 0 Å². The molecular formula is C16H24N2OS. The minimum absolute atomic E-state index is 0.0963. The Morgan fingerprint density at radius 2 is 2.25 bits per heavy atom. The lowest BCUT2D eigenvalue weighted by atomic mass is 9.77. The molecule has 2 aliphatic heterocycles. The third-order valence-corrected chi connectivity index (χ3v) is 5.84. The largest absolute Gasteiger partial charge is 0.375 e. The molecule has 2 aliphatic rings. The van der Waals surface area contributed by atoms with Gasteiger partial charge in [-0.1, -0.05) is 6.07 Å². The second-order valence-electron chi connectivity index (χ2n) is 6.10. The lowest BCUT2D eigenvalue weighted by Gasteiger charge is -2.45. The Balaban J connectivity index is 1.75. The summed E-state index contributed by atoms with van der Waals surface area (Å²) in [6.45, 7) is 2.92. The molecule has 3 rings (SSSR count). The van der Waals surface area contributed by atoms with Gasteiger partial charge in [-0.05, 0) is 61.7 Å². The number of aryl methyl sites for hydroxylation is 1. The van der Waals surface area contributed by atoms with Crippen LogP contribution in [-0.4, -0.2) is 28.7 Å². The predicted octanol–water partition coefficient (Wildman–Crippen LogP) is 3.08. The molecule has 2 N–H and O–H groups in total. The molecule has 2 unspecified atom stereocenters. The van der Waals surface area contributed by atoms with Crippen molar-refractivity contribution >= 4 is 11.8 Å². The molecule has 0 aromatic carbocycles. The van der Waals surface area contributed by atoms with Gasteiger partial charge in [-0.2, -0.15) is 11.8 Å². The van der Waals surface area contributed by atoms with E-state index < -0.39 is 0 Å². The van der Waals surface area contributed by atoms with Crippen molar-refractivity contribution in [1.82, 2.24) is 4.98 Å². The molecule has 4 heteroatoms. The Morgan fingerprint density at radius 1 is 1.45 bits per heavy atom. The molecule has 0 bridgehead atoms. The third-order valence-electron chi connectivity index (χ3n) is 4.85. The molecule has 20 heavy (non-hydrogen) atoms. The molecule has 0 amide bonds. The van der Waals surface area contributed by atoms with E-state index in [0.29, 0.717) is 5.92 Å². The summed E-state index contributed by atoms with van der Waals surface area (Å²) in [6.07, 6.45) is 6.41. The molecular weight excluding hydrogens is 268 g/mol. The molecule has 2 atom stereocenters. The smallest absolute Gasteiger partial charge is 0.0701 e. The van der Waals surface area contributed by atoms with Crippen LogP contribution in [0.3, 0.4) is 0 Å². The van der Waals surface area contributed by atoms with Gasteiger partial charge in [0.2, 0.25) is 0 Å². The van der Waals surface area contributed by atoms with E-state index in [4.69, 9.17) is 10.5 Å². The second kappa shape index (κ2) is 6.04. The second-order valence-corrected chi connectivity index (χ2v) is 7.33. The Hall–Kier alpha value is -0.580. The van der Waals surface area contributed by atoms with Gasteiger partial charge in [0.15, 0.2) is 0 Å². The van der Waals surface area contributed by atoms with Crippen molar-refractivity contribution < 1.29 is 4.74 Å². The Bertz CT molecular complexity index is 454. The van der Waals surface area contributed by atoms with E-state index in [1.165, 1.54) is 29.9 Å². The van der Waals surface area contributed by atoms with Crippen LogP contribution in [-0.2, 0) is 4.74 Å². The van der Waals surface area contributed by atoms with Gasteiger partial charge in [-0.15, -0.1) is 0 Å². The van der Waals surface area contributed by atoms with Crippen molar-refractivity contribution in [2.75, 3.05) is 18.1 Å². The zero-order valence-corrected chi connectivity index (χ0v) is 13.0. The van der Waals surface area contributed by atoms with Crippen molar-refractivity contribution in [1.29, 1.82) is 0 Å². The van der Waals surface area contributed by atoms with Crippen LogP contribution in [0.2, 0.25) is 0 Å². The van der Waals surface area contributed by atoms with E-state index in [9.17, 15) is 0 Å². The Morgan fingerprint density at radius 3 is 3.00 bits per heavy atom. The molecule has 0 radical (unpaired) electrons. The van der Waals surface area contributed by atoms with Crippen molar-refractivity contribution in [2.45, 2.75) is 44.2 Å². The fraction of sp³-hybridized carbons (Fsp3) is 0.688. The number of thioether (sulfide) groups is 1. The number of hydrogen-bond donors (Lipinski definition) is 1. The topological polar surface area (TPSA) is 48.1 Å². The number of rotatable bonds is 2. The van der Waals surface area contributed by atoms with Crippen LogP contribution in [0, 0.1) is 12.8 Å². The fourth-order valence-electron chi connectivity index (χ4n) is 3.57. The summed E-state index contributed by atoms with van der Waals surface area (Å²) in [5, 5.41) is 0. The molecule has 1 aromatic rings. The molecule has 3 heterocycles. The highest BCUT2D eigenvalue weighted by molar-refractivity contribution is 7.99. The van der Waals surface area contributed by atoms with E-state index in [1.54, 1.807) is 0 Å². The first-order valence-corrected chi connectivity index (χ1v) is 8.74. The molecule has 2 fully saturated rings. The number of pyridine rings is 1. The van der Waals surface area contributed by atoms with E-state index in [-0.39, 0.29) is 11.6 Å². The maximum atomic E-state index is 6.56. The maximum absolute atomic E-state index is 6.56. The van der Waals surface area contributed by atoms with E-state index in [2.05, 4.69) is 18.0 Å². The van der Waals surface area contributed by atoms with Crippen molar-refractivity contribution in [2.24, 2.45) is 11.7 Å². The van der Waals surface area contributed by atoms with E-state index in [1.807, 2.05) is 24.0 Å².